The summed E-state index contributed by atoms with van der Waals surface area (Å²) in [7, 11) is 0. The third-order valence-electron chi connectivity index (χ3n) is 6.67. The molecule has 217 valence electrons. The number of fused-ring (bicyclic) bond motifs is 5. The molecule has 7 aromatic rings. The van der Waals surface area contributed by atoms with Crippen molar-refractivity contribution in [3.05, 3.63) is 132 Å². The van der Waals surface area contributed by atoms with E-state index in [2.05, 4.69) is 46.4 Å². The number of furan rings is 1. The minimum Gasteiger partial charge on any atom is -0.500 e. The molecule has 7 rings (SSSR count). The topological polar surface area (TPSA) is 38.9 Å². The van der Waals surface area contributed by atoms with Gasteiger partial charge in [0.1, 0.15) is 5.58 Å². The fourth-order valence-electron chi connectivity index (χ4n) is 4.86. The minimum atomic E-state index is -2.15. The molecule has 3 aromatic heterocycles. The third-order valence-corrected chi connectivity index (χ3v) is 6.67. The first-order chi connectivity index (χ1) is 22.2. The van der Waals surface area contributed by atoms with Gasteiger partial charge in [0, 0.05) is 55.9 Å². The summed E-state index contributed by atoms with van der Waals surface area (Å²) in [5, 5.41) is 4.27. The average molecular weight is 748 g/mol. The van der Waals surface area contributed by atoms with Crippen LogP contribution >= 0.6 is 0 Å². The van der Waals surface area contributed by atoms with Crippen molar-refractivity contribution in [1.82, 2.24) is 9.97 Å². The third kappa shape index (κ3) is 6.74. The quantitative estimate of drug-likeness (QED) is 0.169. The van der Waals surface area contributed by atoms with Crippen LogP contribution in [0.1, 0.15) is 38.8 Å². The Kier molecular flexibility index (Phi) is 7.11. The van der Waals surface area contributed by atoms with Crippen molar-refractivity contribution in [1.29, 1.82) is 0 Å². The molecule has 0 unspecified atom stereocenters. The SMILES string of the molecule is [2H]C([2H])([2H])c1ccc(-c2[c-]cc(F)cc2)nc1.[2H]C([2H])(c1ccnc(-c2[c-]ccc3c2oc2c4ccccc4ccc32)c1)C(C)(C)C.[Ir]. The standard InChI is InChI=1S/C26H22NO.C12H9FN.Ir/c1-26(2,3)16-17-13-14-27-23(15-17)22-10-6-9-20-21-12-11-18-7-4-5-8-19(18)24(21)28-25(20)22;1-9-2-7-12(14-8-9)10-3-5-11(13)6-4-10;/h4-9,11-15H,16H2,1-3H3;2-3,5-8H,1H3;/q2*-1;/i16D2;1D3;. The van der Waals surface area contributed by atoms with E-state index < -0.39 is 18.6 Å². The first kappa shape index (κ1) is 24.3. The molecule has 0 bridgehead atoms. The molecular formula is C38H31FIrN2O-2. The Morgan fingerprint density at radius 1 is 0.860 bits per heavy atom. The molecular weight excluding hydrogens is 712 g/mol. The molecule has 3 nitrogen and oxygen atoms in total. The van der Waals surface area contributed by atoms with Crippen molar-refractivity contribution >= 4 is 32.7 Å². The van der Waals surface area contributed by atoms with Gasteiger partial charge in [0.15, 0.2) is 0 Å². The predicted octanol–water partition coefficient (Wildman–Crippen LogP) is 10.2. The summed E-state index contributed by atoms with van der Waals surface area (Å²) >= 11 is 0. The summed E-state index contributed by atoms with van der Waals surface area (Å²) < 4.78 is 58.0. The smallest absolute Gasteiger partial charge is 0.128 e. The molecule has 5 heteroatoms. The maximum Gasteiger partial charge on any atom is 0.128 e. The number of hydrogen-bond donors (Lipinski definition) is 0. The van der Waals surface area contributed by atoms with E-state index in [0.717, 1.165) is 38.3 Å². The fourth-order valence-corrected chi connectivity index (χ4v) is 4.86. The van der Waals surface area contributed by atoms with Gasteiger partial charge >= 0.3 is 0 Å². The number of benzene rings is 4. The Morgan fingerprint density at radius 2 is 1.70 bits per heavy atom. The fraction of sp³-hybridized carbons (Fsp3) is 0.158. The molecule has 0 spiro atoms. The van der Waals surface area contributed by atoms with Gasteiger partial charge in [-0.05, 0) is 47.0 Å². The van der Waals surface area contributed by atoms with Gasteiger partial charge in [-0.15, -0.1) is 48.0 Å². The zero-order chi connectivity index (χ0) is 33.6. The molecule has 0 amide bonds. The van der Waals surface area contributed by atoms with Crippen molar-refractivity contribution in [2.75, 3.05) is 0 Å². The van der Waals surface area contributed by atoms with Gasteiger partial charge in [0.05, 0.1) is 5.58 Å². The van der Waals surface area contributed by atoms with Crippen LogP contribution in [0.25, 0.3) is 55.2 Å². The summed E-state index contributed by atoms with van der Waals surface area (Å²) in [5.41, 5.74) is 4.43. The molecule has 0 aliphatic carbocycles. The van der Waals surface area contributed by atoms with Crippen LogP contribution in [0.15, 0.2) is 108 Å². The van der Waals surface area contributed by atoms with Crippen LogP contribution in [0, 0.1) is 30.2 Å². The van der Waals surface area contributed by atoms with Crippen molar-refractivity contribution in [3.63, 3.8) is 0 Å². The van der Waals surface area contributed by atoms with Gasteiger partial charge in [-0.25, -0.2) is 0 Å². The summed E-state index contributed by atoms with van der Waals surface area (Å²) in [5.74, 6) is -0.368. The van der Waals surface area contributed by atoms with Gasteiger partial charge < -0.3 is 14.4 Å². The van der Waals surface area contributed by atoms with Crippen LogP contribution in [0.2, 0.25) is 0 Å². The molecule has 0 saturated carbocycles. The van der Waals surface area contributed by atoms with Crippen molar-refractivity contribution < 1.29 is 35.8 Å². The Labute approximate surface area is 272 Å². The van der Waals surface area contributed by atoms with Gasteiger partial charge in [-0.2, -0.15) is 0 Å². The number of halogens is 1. The first-order valence-corrected chi connectivity index (χ1v) is 13.6. The Morgan fingerprint density at radius 3 is 2.44 bits per heavy atom. The van der Waals surface area contributed by atoms with E-state index in [1.807, 2.05) is 51.1 Å². The van der Waals surface area contributed by atoms with E-state index in [9.17, 15) is 4.39 Å². The van der Waals surface area contributed by atoms with E-state index in [0.29, 0.717) is 22.5 Å². The van der Waals surface area contributed by atoms with Crippen LogP contribution in [-0.2, 0) is 26.5 Å². The molecule has 0 fully saturated rings. The van der Waals surface area contributed by atoms with E-state index in [1.54, 1.807) is 24.4 Å². The maximum atomic E-state index is 12.7. The van der Waals surface area contributed by atoms with Gasteiger partial charge in [-0.1, -0.05) is 91.9 Å². The summed E-state index contributed by atoms with van der Waals surface area (Å²) in [6.45, 7) is 3.57. The Balaban J connectivity index is 0.000000214. The Bertz CT molecular complexity index is 2210. The van der Waals surface area contributed by atoms with Gasteiger partial charge in [0.25, 0.3) is 0 Å². The van der Waals surface area contributed by atoms with Crippen LogP contribution < -0.4 is 0 Å². The number of aryl methyl sites for hydroxylation is 1. The largest absolute Gasteiger partial charge is 0.500 e. The summed E-state index contributed by atoms with van der Waals surface area (Å²) in [4.78, 5) is 8.56. The number of rotatable bonds is 3. The monoisotopic (exact) mass is 748 g/mol. The van der Waals surface area contributed by atoms with E-state index >= 15 is 0 Å². The zero-order valence-electron chi connectivity index (χ0n) is 28.8. The van der Waals surface area contributed by atoms with Crippen molar-refractivity contribution in [2.45, 2.75) is 34.0 Å². The second-order valence-corrected chi connectivity index (χ2v) is 11.0. The van der Waals surface area contributed by atoms with Crippen molar-refractivity contribution in [2.24, 2.45) is 5.41 Å². The maximum absolute atomic E-state index is 12.7. The molecule has 0 aliphatic heterocycles. The number of pyridine rings is 2. The van der Waals surface area contributed by atoms with Crippen LogP contribution in [-0.4, -0.2) is 9.97 Å². The number of aromatic nitrogens is 2. The second kappa shape index (κ2) is 12.6. The zero-order valence-corrected chi connectivity index (χ0v) is 26.2. The molecule has 43 heavy (non-hydrogen) atoms. The van der Waals surface area contributed by atoms with Gasteiger partial charge in [-0.3, -0.25) is 4.39 Å². The van der Waals surface area contributed by atoms with Crippen molar-refractivity contribution in [3.8, 4) is 22.5 Å². The van der Waals surface area contributed by atoms with Gasteiger partial charge in [0.2, 0.25) is 0 Å². The molecule has 3 heterocycles. The molecule has 4 aromatic carbocycles. The van der Waals surface area contributed by atoms with Crippen LogP contribution in [0.5, 0.6) is 0 Å². The first-order valence-electron chi connectivity index (χ1n) is 16.1. The molecule has 0 saturated heterocycles. The molecule has 0 atom stereocenters. The van der Waals surface area contributed by atoms with Crippen LogP contribution in [0.3, 0.4) is 0 Å². The van der Waals surface area contributed by atoms with E-state index in [-0.39, 0.29) is 31.5 Å². The molecule has 1 radical (unpaired) electrons. The Hall–Kier alpha value is -4.18. The summed E-state index contributed by atoms with van der Waals surface area (Å²) in [6, 6.07) is 33.0. The van der Waals surface area contributed by atoms with E-state index in [1.165, 1.54) is 24.4 Å². The van der Waals surface area contributed by atoms with E-state index in [4.69, 9.17) is 11.3 Å². The number of nitrogens with zero attached hydrogens (tertiary/aromatic N) is 2. The second-order valence-electron chi connectivity index (χ2n) is 11.0. The minimum absolute atomic E-state index is 0. The molecule has 0 aliphatic rings. The average Bonchev–Trinajstić information content (AvgIpc) is 3.44. The summed E-state index contributed by atoms with van der Waals surface area (Å²) in [6.07, 6.45) is 1.47. The predicted molar refractivity (Wildman–Crippen MR) is 170 cm³/mol. The van der Waals surface area contributed by atoms with Crippen LogP contribution in [0.4, 0.5) is 4.39 Å². The normalized spacial score (nSPS) is 13.6. The number of hydrogen-bond acceptors (Lipinski definition) is 3. The molecule has 0 N–H and O–H groups in total.